The Morgan fingerprint density at radius 2 is 1.71 bits per heavy atom. The molecule has 0 saturated carbocycles. The van der Waals surface area contributed by atoms with Crippen LogP contribution in [0.2, 0.25) is 0 Å². The van der Waals surface area contributed by atoms with Gasteiger partial charge in [0.25, 0.3) is 5.91 Å². The molecule has 3 aromatic rings. The monoisotopic (exact) mass is 419 g/mol. The van der Waals surface area contributed by atoms with E-state index in [1.165, 1.54) is 6.42 Å². The quantitative estimate of drug-likeness (QED) is 0.533. The topological polar surface area (TPSA) is 58.8 Å². The number of amides is 1. The summed E-state index contributed by atoms with van der Waals surface area (Å²) in [6.07, 6.45) is 3.51. The van der Waals surface area contributed by atoms with Crippen LogP contribution in [0.1, 0.15) is 35.2 Å². The molecule has 31 heavy (non-hydrogen) atoms. The minimum Gasteiger partial charge on any atom is -0.383 e. The zero-order valence-electron chi connectivity index (χ0n) is 18.0. The van der Waals surface area contributed by atoms with Crippen LogP contribution in [-0.4, -0.2) is 49.3 Å². The van der Waals surface area contributed by atoms with Gasteiger partial charge in [-0.05, 0) is 31.4 Å². The second-order valence-electron chi connectivity index (χ2n) is 7.81. The number of hydrogen-bond acceptors (Lipinski definition) is 5. The highest BCUT2D eigenvalue weighted by molar-refractivity contribution is 5.94. The van der Waals surface area contributed by atoms with Crippen LogP contribution in [0.5, 0.6) is 0 Å². The van der Waals surface area contributed by atoms with Crippen molar-refractivity contribution >= 4 is 11.8 Å². The Balaban J connectivity index is 1.70. The van der Waals surface area contributed by atoms with Crippen molar-refractivity contribution in [2.45, 2.75) is 25.8 Å². The fourth-order valence-electron chi connectivity index (χ4n) is 4.02. The Morgan fingerprint density at radius 3 is 2.39 bits per heavy atom. The predicted molar refractivity (Wildman–Crippen MR) is 121 cm³/mol. The number of benzene rings is 2. The van der Waals surface area contributed by atoms with E-state index in [4.69, 9.17) is 9.26 Å². The van der Waals surface area contributed by atoms with Crippen LogP contribution in [0.25, 0.3) is 11.3 Å². The van der Waals surface area contributed by atoms with Gasteiger partial charge in [0.05, 0.1) is 18.7 Å². The summed E-state index contributed by atoms with van der Waals surface area (Å²) in [6.45, 7) is 3.26. The highest BCUT2D eigenvalue weighted by Crippen LogP contribution is 2.34. The van der Waals surface area contributed by atoms with Gasteiger partial charge in [-0.2, -0.15) is 0 Å². The molecule has 0 N–H and O–H groups in total. The van der Waals surface area contributed by atoms with Crippen LogP contribution >= 0.6 is 0 Å². The summed E-state index contributed by atoms with van der Waals surface area (Å²) in [5, 5.41) is 4.44. The van der Waals surface area contributed by atoms with E-state index >= 15 is 0 Å². The molecular formula is C25H29N3O3. The molecule has 6 heteroatoms. The summed E-state index contributed by atoms with van der Waals surface area (Å²) in [4.78, 5) is 17.4. The highest BCUT2D eigenvalue weighted by atomic mass is 16.5. The van der Waals surface area contributed by atoms with Gasteiger partial charge < -0.3 is 19.1 Å². The van der Waals surface area contributed by atoms with Gasteiger partial charge >= 0.3 is 0 Å². The number of ether oxygens (including phenoxy) is 1. The van der Waals surface area contributed by atoms with Crippen LogP contribution in [0, 0.1) is 0 Å². The number of aromatic nitrogens is 1. The van der Waals surface area contributed by atoms with Crippen molar-refractivity contribution in [2.75, 3.05) is 38.3 Å². The van der Waals surface area contributed by atoms with Gasteiger partial charge in [0.1, 0.15) is 5.69 Å². The highest BCUT2D eigenvalue weighted by Gasteiger charge is 2.27. The second kappa shape index (κ2) is 10.3. The largest absolute Gasteiger partial charge is 0.383 e. The predicted octanol–water partition coefficient (Wildman–Crippen LogP) is 4.62. The van der Waals surface area contributed by atoms with E-state index < -0.39 is 0 Å². The fraction of sp³-hybridized carbons (Fsp3) is 0.360. The van der Waals surface area contributed by atoms with Crippen LogP contribution in [0.15, 0.2) is 65.2 Å². The number of piperidine rings is 1. The zero-order valence-corrected chi connectivity index (χ0v) is 18.0. The summed E-state index contributed by atoms with van der Waals surface area (Å²) in [5.74, 6) is 0.754. The first-order chi connectivity index (χ1) is 15.3. The van der Waals surface area contributed by atoms with Crippen molar-refractivity contribution in [2.24, 2.45) is 0 Å². The Hall–Kier alpha value is -3.12. The fourth-order valence-corrected chi connectivity index (χ4v) is 4.02. The molecule has 2 aromatic carbocycles. The summed E-state index contributed by atoms with van der Waals surface area (Å²) in [5.41, 5.74) is 3.40. The molecule has 0 spiro atoms. The minimum atomic E-state index is -0.0255. The normalized spacial score (nSPS) is 13.9. The van der Waals surface area contributed by atoms with Crippen molar-refractivity contribution < 1.29 is 14.1 Å². The maximum Gasteiger partial charge on any atom is 0.254 e. The minimum absolute atomic E-state index is 0.0255. The molecule has 1 aliphatic rings. The number of carbonyl (C=O) groups excluding carboxylic acids is 1. The first kappa shape index (κ1) is 21.1. The van der Waals surface area contributed by atoms with Gasteiger partial charge in [-0.1, -0.05) is 53.7 Å². The summed E-state index contributed by atoms with van der Waals surface area (Å²) in [6, 6.07) is 19.4. The van der Waals surface area contributed by atoms with Gasteiger partial charge in [-0.15, -0.1) is 0 Å². The van der Waals surface area contributed by atoms with E-state index in [0.717, 1.165) is 48.6 Å². The van der Waals surface area contributed by atoms with E-state index in [2.05, 4.69) is 10.1 Å². The van der Waals surface area contributed by atoms with Crippen LogP contribution < -0.4 is 4.90 Å². The van der Waals surface area contributed by atoms with Crippen molar-refractivity contribution in [1.82, 2.24) is 10.1 Å². The molecule has 0 radical (unpaired) electrons. The van der Waals surface area contributed by atoms with E-state index in [1.807, 2.05) is 65.6 Å². The first-order valence-corrected chi connectivity index (χ1v) is 10.9. The first-order valence-electron chi connectivity index (χ1n) is 10.9. The van der Waals surface area contributed by atoms with Gasteiger partial charge in [-0.25, -0.2) is 0 Å². The van der Waals surface area contributed by atoms with E-state index in [1.54, 1.807) is 7.11 Å². The number of nitrogens with zero attached hydrogens (tertiary/aromatic N) is 3. The molecule has 0 aliphatic carbocycles. The zero-order chi connectivity index (χ0) is 21.5. The van der Waals surface area contributed by atoms with Crippen molar-refractivity contribution in [1.29, 1.82) is 0 Å². The molecule has 1 aromatic heterocycles. The molecule has 0 bridgehead atoms. The number of anilines is 1. The SMILES string of the molecule is COCCN(Cc1c(-c2ccccc2)noc1N1CCCCC1)C(=O)c1ccccc1. The molecule has 4 rings (SSSR count). The third-order valence-electron chi connectivity index (χ3n) is 5.68. The summed E-state index contributed by atoms with van der Waals surface area (Å²) >= 11 is 0. The molecular weight excluding hydrogens is 390 g/mol. The average molecular weight is 420 g/mol. The molecule has 162 valence electrons. The Labute approximate surface area is 183 Å². The maximum absolute atomic E-state index is 13.3. The smallest absolute Gasteiger partial charge is 0.254 e. The lowest BCUT2D eigenvalue weighted by atomic mass is 10.0. The average Bonchev–Trinajstić information content (AvgIpc) is 3.26. The summed E-state index contributed by atoms with van der Waals surface area (Å²) < 4.78 is 11.2. The molecule has 1 amide bonds. The Kier molecular flexibility index (Phi) is 6.99. The molecule has 1 aliphatic heterocycles. The van der Waals surface area contributed by atoms with Crippen molar-refractivity contribution in [3.63, 3.8) is 0 Å². The Bertz CT molecular complexity index is 966. The van der Waals surface area contributed by atoms with Crippen molar-refractivity contribution in [3.8, 4) is 11.3 Å². The standard InChI is InChI=1S/C25H29N3O3/c1-30-18-17-28(24(29)21-13-7-3-8-14-21)19-22-23(20-11-5-2-6-12-20)26-31-25(22)27-15-9-4-10-16-27/h2-3,5-8,11-14H,4,9-10,15-19H2,1H3. The van der Waals surface area contributed by atoms with Crippen LogP contribution in [0.3, 0.4) is 0 Å². The Morgan fingerprint density at radius 1 is 1.03 bits per heavy atom. The van der Waals surface area contributed by atoms with Gasteiger partial charge in [0, 0.05) is 37.9 Å². The second-order valence-corrected chi connectivity index (χ2v) is 7.81. The van der Waals surface area contributed by atoms with Gasteiger partial charge in [0.2, 0.25) is 5.88 Å². The van der Waals surface area contributed by atoms with Crippen LogP contribution in [-0.2, 0) is 11.3 Å². The number of hydrogen-bond donors (Lipinski definition) is 0. The molecule has 0 atom stereocenters. The lowest BCUT2D eigenvalue weighted by Crippen LogP contribution is -2.35. The van der Waals surface area contributed by atoms with Crippen LogP contribution in [0.4, 0.5) is 5.88 Å². The lowest BCUT2D eigenvalue weighted by Gasteiger charge is -2.28. The third-order valence-corrected chi connectivity index (χ3v) is 5.68. The van der Waals surface area contributed by atoms with E-state index in [0.29, 0.717) is 25.3 Å². The molecule has 0 unspecified atom stereocenters. The number of carbonyl (C=O) groups is 1. The maximum atomic E-state index is 13.3. The number of rotatable bonds is 8. The molecule has 2 heterocycles. The van der Waals surface area contributed by atoms with Gasteiger partial charge in [-0.3, -0.25) is 4.79 Å². The third kappa shape index (κ3) is 4.97. The van der Waals surface area contributed by atoms with E-state index in [-0.39, 0.29) is 5.91 Å². The van der Waals surface area contributed by atoms with Crippen molar-refractivity contribution in [3.05, 3.63) is 71.8 Å². The van der Waals surface area contributed by atoms with Gasteiger partial charge in [0.15, 0.2) is 0 Å². The summed E-state index contributed by atoms with van der Waals surface area (Å²) in [7, 11) is 1.65. The number of methoxy groups -OCH3 is 1. The lowest BCUT2D eigenvalue weighted by molar-refractivity contribution is 0.0680. The molecule has 6 nitrogen and oxygen atoms in total. The molecule has 1 saturated heterocycles. The van der Waals surface area contributed by atoms with E-state index in [9.17, 15) is 4.79 Å². The molecule has 1 fully saturated rings.